The zero-order chi connectivity index (χ0) is 42.9. The Hall–Kier alpha value is -4.95. The first-order chi connectivity index (χ1) is 26.5. The van der Waals surface area contributed by atoms with E-state index in [1.54, 1.807) is 25.7 Å². The highest BCUT2D eigenvalue weighted by molar-refractivity contribution is 7.88. The second-order valence-corrected chi connectivity index (χ2v) is 18.8. The predicted molar refractivity (Wildman–Crippen MR) is 215 cm³/mol. The van der Waals surface area contributed by atoms with Gasteiger partial charge in [-0.25, -0.2) is 22.3 Å². The van der Waals surface area contributed by atoms with Gasteiger partial charge in [0, 0.05) is 52.1 Å². The highest BCUT2D eigenvalue weighted by Crippen LogP contribution is 2.29. The standard InChI is InChI=1S/C40H59N7O9S/c1-11-13-18-29(32(48)35(50)41-20-12-2)42-34(49)30-22-28(56-38(53)46-21-19-26-16-14-15-17-27(26)23-46)24-47(30)36(51)33(40(6,7)8)44-37(52)43-31(39(3,4)5)25-45(9)57(10,54)55/h1,12,14-17,28-31,33H,2,13,18-25H2,3-10H3,(H,41,50)(H,42,49)(H2,43,44,52)/t28?,29?,30-,31+,33+/m0/s1. The Morgan fingerprint density at radius 1 is 1.04 bits per heavy atom. The lowest BCUT2D eigenvalue weighted by Crippen LogP contribution is -2.62. The lowest BCUT2D eigenvalue weighted by molar-refractivity contribution is -0.143. The van der Waals surface area contributed by atoms with Crippen molar-refractivity contribution in [2.45, 2.75) is 104 Å². The topological polar surface area (TPSA) is 204 Å². The number of fused-ring (bicyclic) bond motifs is 1. The third-order valence-electron chi connectivity index (χ3n) is 10.1. The number of terminal acetylenes is 1. The van der Waals surface area contributed by atoms with Crippen LogP contribution in [0.4, 0.5) is 9.59 Å². The van der Waals surface area contributed by atoms with Crippen LogP contribution >= 0.6 is 0 Å². The van der Waals surface area contributed by atoms with Crippen molar-refractivity contribution in [2.75, 3.05) is 39.5 Å². The van der Waals surface area contributed by atoms with Crippen molar-refractivity contribution in [1.82, 2.24) is 35.4 Å². The SMILES string of the molecule is C#CCCC(NC(=O)[C@@H]1CC(OC(=O)N2CCc3ccccc3C2)CN1C(=O)[C@@H](NC(=O)N[C@H](CN(C)S(C)(=O)=O)C(C)(C)C)C(C)(C)C)C(=O)C(=O)NCC=C. The van der Waals surface area contributed by atoms with Crippen molar-refractivity contribution in [3.05, 3.63) is 48.0 Å². The van der Waals surface area contributed by atoms with Gasteiger partial charge in [0.1, 0.15) is 18.2 Å². The fourth-order valence-electron chi connectivity index (χ4n) is 6.49. The second kappa shape index (κ2) is 19.5. The number of urea groups is 1. The van der Waals surface area contributed by atoms with Crippen LogP contribution < -0.4 is 21.3 Å². The number of amides is 6. The molecule has 0 radical (unpaired) electrons. The molecule has 4 N–H and O–H groups in total. The molecule has 314 valence electrons. The maximum atomic E-state index is 14.6. The van der Waals surface area contributed by atoms with Gasteiger partial charge in [-0.3, -0.25) is 19.2 Å². The third kappa shape index (κ3) is 13.0. The minimum absolute atomic E-state index is 0.0145. The quantitative estimate of drug-likeness (QED) is 0.116. The van der Waals surface area contributed by atoms with Crippen molar-refractivity contribution in [3.8, 4) is 12.3 Å². The number of likely N-dealkylation sites (N-methyl/N-ethyl adjacent to an activating group) is 1. The zero-order valence-corrected chi connectivity index (χ0v) is 35.2. The van der Waals surface area contributed by atoms with Crippen molar-refractivity contribution in [2.24, 2.45) is 10.8 Å². The van der Waals surface area contributed by atoms with Gasteiger partial charge in [0.05, 0.1) is 18.8 Å². The maximum absolute atomic E-state index is 14.6. The molecule has 2 aliphatic heterocycles. The number of ether oxygens (including phenoxy) is 1. The molecule has 3 rings (SSSR count). The summed E-state index contributed by atoms with van der Waals surface area (Å²) in [7, 11) is -2.17. The minimum atomic E-state index is -3.58. The fourth-order valence-corrected chi connectivity index (χ4v) is 6.91. The van der Waals surface area contributed by atoms with Crippen LogP contribution in [0.3, 0.4) is 0 Å². The number of benzene rings is 1. The predicted octanol–water partition coefficient (Wildman–Crippen LogP) is 1.94. The van der Waals surface area contributed by atoms with Crippen molar-refractivity contribution in [1.29, 1.82) is 0 Å². The van der Waals surface area contributed by atoms with Crippen LogP contribution in [0.15, 0.2) is 36.9 Å². The molecule has 1 aromatic rings. The first-order valence-electron chi connectivity index (χ1n) is 19.0. The first-order valence-corrected chi connectivity index (χ1v) is 20.8. The number of ketones is 1. The number of carbonyl (C=O) groups is 6. The van der Waals surface area contributed by atoms with Gasteiger partial charge in [-0.05, 0) is 34.8 Å². The molecule has 0 saturated carbocycles. The van der Waals surface area contributed by atoms with E-state index in [1.165, 1.54) is 18.0 Å². The second-order valence-electron chi connectivity index (χ2n) is 16.7. The normalized spacial score (nSPS) is 18.6. The lowest BCUT2D eigenvalue weighted by atomic mass is 9.85. The summed E-state index contributed by atoms with van der Waals surface area (Å²) in [5, 5.41) is 10.6. The summed E-state index contributed by atoms with van der Waals surface area (Å²) in [4.78, 5) is 84.4. The number of nitrogens with one attached hydrogen (secondary N) is 4. The molecule has 1 fully saturated rings. The van der Waals surface area contributed by atoms with Gasteiger partial charge in [0.2, 0.25) is 27.6 Å². The van der Waals surface area contributed by atoms with Crippen LogP contribution in [-0.4, -0.2) is 128 Å². The fraction of sp³-hybridized carbons (Fsp3) is 0.600. The summed E-state index contributed by atoms with van der Waals surface area (Å²) in [6.45, 7) is 14.7. The number of rotatable bonds is 15. The number of hydrogen-bond donors (Lipinski definition) is 4. The molecule has 0 bridgehead atoms. The van der Waals surface area contributed by atoms with E-state index < -0.39 is 86.8 Å². The molecule has 0 aliphatic carbocycles. The van der Waals surface area contributed by atoms with Crippen molar-refractivity contribution >= 4 is 45.7 Å². The molecule has 2 heterocycles. The van der Waals surface area contributed by atoms with Gasteiger partial charge >= 0.3 is 12.1 Å². The molecule has 0 spiro atoms. The maximum Gasteiger partial charge on any atom is 0.410 e. The van der Waals surface area contributed by atoms with Gasteiger partial charge < -0.3 is 35.8 Å². The largest absolute Gasteiger partial charge is 0.444 e. The average Bonchev–Trinajstić information content (AvgIpc) is 3.55. The summed E-state index contributed by atoms with van der Waals surface area (Å²) in [5.41, 5.74) is 0.582. The molecule has 1 aromatic carbocycles. The van der Waals surface area contributed by atoms with E-state index in [2.05, 4.69) is 33.8 Å². The van der Waals surface area contributed by atoms with Crippen molar-refractivity contribution < 1.29 is 41.9 Å². The molecule has 17 heteroatoms. The molecule has 57 heavy (non-hydrogen) atoms. The molecular weight excluding hydrogens is 755 g/mol. The number of sulfonamides is 1. The Labute approximate surface area is 336 Å². The summed E-state index contributed by atoms with van der Waals surface area (Å²) in [5.74, 6) is -0.939. The molecular formula is C40H59N7O9S. The van der Waals surface area contributed by atoms with Crippen LogP contribution in [-0.2, 0) is 46.9 Å². The summed E-state index contributed by atoms with van der Waals surface area (Å²) >= 11 is 0. The van der Waals surface area contributed by atoms with E-state index >= 15 is 0 Å². The Morgan fingerprint density at radius 3 is 2.26 bits per heavy atom. The van der Waals surface area contributed by atoms with Crippen molar-refractivity contribution in [3.63, 3.8) is 0 Å². The van der Waals surface area contributed by atoms with E-state index in [9.17, 15) is 37.2 Å². The smallest absolute Gasteiger partial charge is 0.410 e. The first kappa shape index (κ1) is 46.4. The summed E-state index contributed by atoms with van der Waals surface area (Å²) < 4.78 is 31.5. The molecule has 0 aromatic heterocycles. The lowest BCUT2D eigenvalue weighted by Gasteiger charge is -2.37. The molecule has 2 aliphatic rings. The van der Waals surface area contributed by atoms with E-state index in [0.29, 0.717) is 19.5 Å². The Morgan fingerprint density at radius 2 is 1.68 bits per heavy atom. The number of Topliss-reactive ketones (excluding diaryl/α,β-unsaturated/α-hetero) is 1. The molecule has 1 saturated heterocycles. The summed E-state index contributed by atoms with van der Waals surface area (Å²) in [6, 6.07) is 2.49. The van der Waals surface area contributed by atoms with Crippen LogP contribution in [0, 0.1) is 23.2 Å². The molecule has 2 unspecified atom stereocenters. The van der Waals surface area contributed by atoms with E-state index in [4.69, 9.17) is 11.2 Å². The number of carbonyl (C=O) groups excluding carboxylic acids is 6. The Bertz CT molecular complexity index is 1830. The number of nitrogens with zero attached hydrogens (tertiary/aromatic N) is 3. The Kier molecular flexibility index (Phi) is 15.9. The van der Waals surface area contributed by atoms with Gasteiger partial charge in [0.15, 0.2) is 0 Å². The van der Waals surface area contributed by atoms with E-state index in [1.807, 2.05) is 45.0 Å². The van der Waals surface area contributed by atoms with Gasteiger partial charge in [-0.1, -0.05) is 71.9 Å². The van der Waals surface area contributed by atoms with Crippen LogP contribution in [0.5, 0.6) is 0 Å². The zero-order valence-electron chi connectivity index (χ0n) is 34.3. The molecule has 16 nitrogen and oxygen atoms in total. The monoisotopic (exact) mass is 813 g/mol. The average molecular weight is 814 g/mol. The highest BCUT2D eigenvalue weighted by atomic mass is 32.2. The highest BCUT2D eigenvalue weighted by Gasteiger charge is 2.47. The van der Waals surface area contributed by atoms with Crippen LogP contribution in [0.2, 0.25) is 0 Å². The Balaban J connectivity index is 1.92. The minimum Gasteiger partial charge on any atom is -0.444 e. The van der Waals surface area contributed by atoms with Gasteiger partial charge in [-0.2, -0.15) is 0 Å². The molecule has 5 atom stereocenters. The van der Waals surface area contributed by atoms with Gasteiger partial charge in [-0.15, -0.1) is 18.9 Å². The number of likely N-dealkylation sites (tertiary alicyclic amines) is 1. The summed E-state index contributed by atoms with van der Waals surface area (Å²) in [6.07, 6.45) is 6.81. The van der Waals surface area contributed by atoms with E-state index in [0.717, 1.165) is 21.7 Å². The van der Waals surface area contributed by atoms with E-state index in [-0.39, 0.29) is 38.9 Å². The van der Waals surface area contributed by atoms with Gasteiger partial charge in [0.25, 0.3) is 5.91 Å². The van der Waals surface area contributed by atoms with Crippen LogP contribution in [0.25, 0.3) is 0 Å². The third-order valence-corrected chi connectivity index (χ3v) is 11.4. The molecule has 6 amide bonds. The number of hydrogen-bond acceptors (Lipinski definition) is 9. The van der Waals surface area contributed by atoms with Crippen LogP contribution in [0.1, 0.15) is 71.9 Å².